The van der Waals surface area contributed by atoms with E-state index in [9.17, 15) is 4.79 Å². The largest absolute Gasteiger partial charge is 0.411 e. The molecule has 1 heterocycles. The van der Waals surface area contributed by atoms with E-state index in [0.29, 0.717) is 18.7 Å². The molecule has 0 saturated heterocycles. The zero-order chi connectivity index (χ0) is 13.0. The molecule has 5 nitrogen and oxygen atoms in total. The highest BCUT2D eigenvalue weighted by Gasteiger charge is 2.19. The van der Waals surface area contributed by atoms with Gasteiger partial charge in [0.1, 0.15) is 0 Å². The fraction of sp³-hybridized carbons (Fsp3) is 0.385. The lowest BCUT2D eigenvalue weighted by atomic mass is 10.1. The quantitative estimate of drug-likeness (QED) is 0.625. The number of anilines is 1. The Morgan fingerprint density at radius 1 is 1.44 bits per heavy atom. The molecular formula is C13H17N3O2. The molecule has 0 bridgehead atoms. The van der Waals surface area contributed by atoms with Crippen LogP contribution in [0.3, 0.4) is 0 Å². The average molecular weight is 247 g/mol. The predicted molar refractivity (Wildman–Crippen MR) is 70.0 cm³/mol. The highest BCUT2D eigenvalue weighted by atomic mass is 16.4. The molecule has 1 amide bonds. The van der Waals surface area contributed by atoms with Crippen molar-refractivity contribution in [3.05, 3.63) is 29.8 Å². The van der Waals surface area contributed by atoms with E-state index in [-0.39, 0.29) is 5.91 Å². The SMILES string of the molecule is NC(=O)CCN1CCC/C(=N/O)c2ccccc21. The number of nitrogens with two attached hydrogens (primary N) is 1. The minimum atomic E-state index is -0.298. The summed E-state index contributed by atoms with van der Waals surface area (Å²) in [6.07, 6.45) is 1.97. The second kappa shape index (κ2) is 5.53. The number of primary amides is 1. The van der Waals surface area contributed by atoms with Crippen LogP contribution in [0.5, 0.6) is 0 Å². The molecule has 1 aliphatic rings. The van der Waals surface area contributed by atoms with E-state index in [2.05, 4.69) is 10.1 Å². The molecule has 0 unspecified atom stereocenters. The zero-order valence-electron chi connectivity index (χ0n) is 10.2. The smallest absolute Gasteiger partial charge is 0.219 e. The van der Waals surface area contributed by atoms with E-state index in [1.54, 1.807) is 0 Å². The number of hydrogen-bond donors (Lipinski definition) is 2. The molecule has 0 aliphatic carbocycles. The van der Waals surface area contributed by atoms with Crippen molar-refractivity contribution >= 4 is 17.3 Å². The molecule has 0 radical (unpaired) electrons. The highest BCUT2D eigenvalue weighted by Crippen LogP contribution is 2.26. The Labute approximate surface area is 106 Å². The minimum Gasteiger partial charge on any atom is -0.411 e. The second-order valence-electron chi connectivity index (χ2n) is 4.37. The predicted octanol–water partition coefficient (Wildman–Crippen LogP) is 1.34. The lowest BCUT2D eigenvalue weighted by Gasteiger charge is -2.24. The summed E-state index contributed by atoms with van der Waals surface area (Å²) in [6, 6.07) is 7.78. The Balaban J connectivity index is 2.30. The van der Waals surface area contributed by atoms with Gasteiger partial charge in [-0.05, 0) is 18.9 Å². The van der Waals surface area contributed by atoms with Crippen molar-refractivity contribution in [2.45, 2.75) is 19.3 Å². The topological polar surface area (TPSA) is 78.9 Å². The van der Waals surface area contributed by atoms with E-state index >= 15 is 0 Å². The Hall–Kier alpha value is -2.04. The van der Waals surface area contributed by atoms with Crippen LogP contribution in [0, 0.1) is 0 Å². The molecule has 0 aromatic heterocycles. The first kappa shape index (κ1) is 12.4. The van der Waals surface area contributed by atoms with E-state index in [1.165, 1.54) is 0 Å². The molecule has 3 N–H and O–H groups in total. The summed E-state index contributed by atoms with van der Waals surface area (Å²) in [5, 5.41) is 12.4. The summed E-state index contributed by atoms with van der Waals surface area (Å²) in [5.41, 5.74) is 7.83. The minimum absolute atomic E-state index is 0.298. The number of carbonyl (C=O) groups is 1. The number of nitrogens with zero attached hydrogens (tertiary/aromatic N) is 2. The van der Waals surface area contributed by atoms with E-state index in [4.69, 9.17) is 10.9 Å². The number of rotatable bonds is 3. The van der Waals surface area contributed by atoms with Gasteiger partial charge in [0, 0.05) is 30.8 Å². The van der Waals surface area contributed by atoms with Gasteiger partial charge in [0.25, 0.3) is 0 Å². The van der Waals surface area contributed by atoms with Crippen molar-refractivity contribution in [3.8, 4) is 0 Å². The number of amides is 1. The van der Waals surface area contributed by atoms with Crippen LogP contribution in [0.2, 0.25) is 0 Å². The lowest BCUT2D eigenvalue weighted by Crippen LogP contribution is -2.28. The van der Waals surface area contributed by atoms with Gasteiger partial charge in [-0.1, -0.05) is 23.4 Å². The third kappa shape index (κ3) is 2.61. The normalized spacial score (nSPS) is 17.3. The first-order chi connectivity index (χ1) is 8.72. The first-order valence-electron chi connectivity index (χ1n) is 6.06. The Morgan fingerprint density at radius 3 is 2.94 bits per heavy atom. The maximum Gasteiger partial charge on any atom is 0.219 e. The average Bonchev–Trinajstić information content (AvgIpc) is 2.55. The molecular weight excluding hydrogens is 230 g/mol. The van der Waals surface area contributed by atoms with Gasteiger partial charge in [0.2, 0.25) is 5.91 Å². The summed E-state index contributed by atoms with van der Waals surface area (Å²) in [5.74, 6) is -0.298. The molecule has 0 spiro atoms. The van der Waals surface area contributed by atoms with Gasteiger partial charge in [-0.25, -0.2) is 0 Å². The van der Waals surface area contributed by atoms with Crippen molar-refractivity contribution in [3.63, 3.8) is 0 Å². The molecule has 5 heteroatoms. The summed E-state index contributed by atoms with van der Waals surface area (Å²) in [7, 11) is 0. The van der Waals surface area contributed by atoms with Crippen molar-refractivity contribution in [1.29, 1.82) is 0 Å². The van der Waals surface area contributed by atoms with Crippen LogP contribution in [0.1, 0.15) is 24.8 Å². The van der Waals surface area contributed by atoms with E-state index < -0.39 is 0 Å². The van der Waals surface area contributed by atoms with Gasteiger partial charge in [0.05, 0.1) is 5.71 Å². The molecule has 2 rings (SSSR count). The molecule has 18 heavy (non-hydrogen) atoms. The monoisotopic (exact) mass is 247 g/mol. The summed E-state index contributed by atoms with van der Waals surface area (Å²) in [6.45, 7) is 1.44. The Bertz CT molecular complexity index is 471. The first-order valence-corrected chi connectivity index (χ1v) is 6.06. The van der Waals surface area contributed by atoms with Crippen LogP contribution < -0.4 is 10.6 Å². The van der Waals surface area contributed by atoms with Gasteiger partial charge in [-0.15, -0.1) is 0 Å². The summed E-state index contributed by atoms with van der Waals surface area (Å²) >= 11 is 0. The Kier molecular flexibility index (Phi) is 3.82. The van der Waals surface area contributed by atoms with Crippen molar-refractivity contribution < 1.29 is 10.0 Å². The molecule has 1 aromatic carbocycles. The van der Waals surface area contributed by atoms with Crippen LogP contribution in [-0.4, -0.2) is 29.9 Å². The molecule has 0 saturated carbocycles. The standard InChI is InChI=1S/C13H17N3O2/c14-13(17)7-9-16-8-3-5-11(15-18)10-4-1-2-6-12(10)16/h1-2,4,6,18H,3,5,7-9H2,(H2,14,17)/b15-11-. The number of hydrogen-bond acceptors (Lipinski definition) is 4. The molecule has 96 valence electrons. The maximum absolute atomic E-state index is 10.9. The molecule has 1 aliphatic heterocycles. The van der Waals surface area contributed by atoms with E-state index in [1.807, 2.05) is 24.3 Å². The van der Waals surface area contributed by atoms with Crippen LogP contribution in [0.4, 0.5) is 5.69 Å². The number of fused-ring (bicyclic) bond motifs is 1. The number of oxime groups is 1. The lowest BCUT2D eigenvalue weighted by molar-refractivity contribution is -0.117. The van der Waals surface area contributed by atoms with Gasteiger partial charge < -0.3 is 15.8 Å². The van der Waals surface area contributed by atoms with Crippen LogP contribution in [0.15, 0.2) is 29.4 Å². The van der Waals surface area contributed by atoms with Gasteiger partial charge in [-0.3, -0.25) is 4.79 Å². The molecule has 1 aromatic rings. The third-order valence-electron chi connectivity index (χ3n) is 3.15. The van der Waals surface area contributed by atoms with Crippen molar-refractivity contribution in [1.82, 2.24) is 0 Å². The van der Waals surface area contributed by atoms with Gasteiger partial charge in [0.15, 0.2) is 0 Å². The number of para-hydroxylation sites is 1. The van der Waals surface area contributed by atoms with Crippen molar-refractivity contribution in [2.24, 2.45) is 10.9 Å². The van der Waals surface area contributed by atoms with Crippen molar-refractivity contribution in [2.75, 3.05) is 18.0 Å². The number of carbonyl (C=O) groups excluding carboxylic acids is 1. The molecule has 0 fully saturated rings. The van der Waals surface area contributed by atoms with Crippen LogP contribution in [-0.2, 0) is 4.79 Å². The molecule has 0 atom stereocenters. The van der Waals surface area contributed by atoms with Crippen LogP contribution in [0.25, 0.3) is 0 Å². The second-order valence-corrected chi connectivity index (χ2v) is 4.37. The summed E-state index contributed by atoms with van der Waals surface area (Å²) < 4.78 is 0. The van der Waals surface area contributed by atoms with Gasteiger partial charge in [-0.2, -0.15) is 0 Å². The maximum atomic E-state index is 10.9. The van der Waals surface area contributed by atoms with E-state index in [0.717, 1.165) is 30.6 Å². The van der Waals surface area contributed by atoms with Gasteiger partial charge >= 0.3 is 0 Å². The highest BCUT2D eigenvalue weighted by molar-refractivity contribution is 6.05. The summed E-state index contributed by atoms with van der Waals surface area (Å²) in [4.78, 5) is 13.0. The fourth-order valence-electron chi connectivity index (χ4n) is 2.27. The van der Waals surface area contributed by atoms with Crippen LogP contribution >= 0.6 is 0 Å². The fourth-order valence-corrected chi connectivity index (χ4v) is 2.27. The zero-order valence-corrected chi connectivity index (χ0v) is 10.2. The Morgan fingerprint density at radius 2 is 2.22 bits per heavy atom. The third-order valence-corrected chi connectivity index (χ3v) is 3.15. The number of benzene rings is 1.